The van der Waals surface area contributed by atoms with Crippen LogP contribution in [0.4, 0.5) is 0 Å². The molecule has 2 heterocycles. The van der Waals surface area contributed by atoms with Crippen LogP contribution in [0.25, 0.3) is 0 Å². The summed E-state index contributed by atoms with van der Waals surface area (Å²) in [5.74, 6) is -0.678. The number of carbonyl (C=O) groups excluding carboxylic acids is 1. The van der Waals surface area contributed by atoms with Gasteiger partial charge in [0, 0.05) is 23.0 Å². The van der Waals surface area contributed by atoms with E-state index in [-0.39, 0.29) is 12.6 Å². The fraction of sp³-hybridized carbons (Fsp3) is 0.238. The molecule has 144 valence electrons. The summed E-state index contributed by atoms with van der Waals surface area (Å²) in [6.45, 7) is 0.395. The average molecular weight is 399 g/mol. The van der Waals surface area contributed by atoms with E-state index < -0.39 is 11.9 Å². The molecule has 4 rings (SSSR count). The molecule has 1 aliphatic heterocycles. The van der Waals surface area contributed by atoms with Crippen molar-refractivity contribution >= 4 is 17.6 Å². The summed E-state index contributed by atoms with van der Waals surface area (Å²) in [7, 11) is 0. The second-order valence-electron chi connectivity index (χ2n) is 6.49. The Labute approximate surface area is 167 Å². The quantitative estimate of drug-likeness (QED) is 0.640. The van der Waals surface area contributed by atoms with E-state index in [1.165, 1.54) is 0 Å². The van der Waals surface area contributed by atoms with E-state index in [2.05, 4.69) is 9.97 Å². The number of H-pyrrole nitrogens is 1. The van der Waals surface area contributed by atoms with E-state index in [4.69, 9.17) is 25.8 Å². The van der Waals surface area contributed by atoms with Gasteiger partial charge in [-0.2, -0.15) is 0 Å². The summed E-state index contributed by atoms with van der Waals surface area (Å²) in [4.78, 5) is 19.5. The molecule has 0 aliphatic carbocycles. The Kier molecular flexibility index (Phi) is 5.43. The average Bonchev–Trinajstić information content (AvgIpc) is 3.38. The van der Waals surface area contributed by atoms with Crippen LogP contribution in [0.3, 0.4) is 0 Å². The standard InChI is InChI=1S/C21H19ClN2O4/c22-17-8-6-16(7-9-17)21(12-19-23-10-11-24-19)27-14-18(28-21)13-26-20(25)15-4-2-1-3-5-15/h1-11,18H,12-14H2,(H,23,24). The molecule has 0 amide bonds. The zero-order valence-corrected chi connectivity index (χ0v) is 15.8. The number of hydrogen-bond acceptors (Lipinski definition) is 5. The summed E-state index contributed by atoms with van der Waals surface area (Å²) < 4.78 is 17.7. The second kappa shape index (κ2) is 8.14. The monoisotopic (exact) mass is 398 g/mol. The molecule has 0 radical (unpaired) electrons. The number of halogens is 1. The van der Waals surface area contributed by atoms with Crippen molar-refractivity contribution in [2.24, 2.45) is 0 Å². The Morgan fingerprint density at radius 1 is 1.21 bits per heavy atom. The van der Waals surface area contributed by atoms with Crippen LogP contribution in [0.2, 0.25) is 5.02 Å². The van der Waals surface area contributed by atoms with Gasteiger partial charge in [-0.1, -0.05) is 41.9 Å². The van der Waals surface area contributed by atoms with Crippen molar-refractivity contribution in [2.75, 3.05) is 13.2 Å². The highest BCUT2D eigenvalue weighted by Gasteiger charge is 2.44. The summed E-state index contributed by atoms with van der Waals surface area (Å²) in [6.07, 6.45) is 3.43. The van der Waals surface area contributed by atoms with Crippen LogP contribution < -0.4 is 0 Å². The molecule has 0 spiro atoms. The van der Waals surface area contributed by atoms with E-state index in [1.807, 2.05) is 18.2 Å². The maximum absolute atomic E-state index is 12.2. The van der Waals surface area contributed by atoms with Crippen molar-refractivity contribution in [1.82, 2.24) is 9.97 Å². The van der Waals surface area contributed by atoms with Gasteiger partial charge in [-0.3, -0.25) is 0 Å². The number of carbonyl (C=O) groups is 1. The number of benzene rings is 2. The van der Waals surface area contributed by atoms with Crippen LogP contribution in [0.15, 0.2) is 67.0 Å². The van der Waals surface area contributed by atoms with Crippen molar-refractivity contribution in [3.63, 3.8) is 0 Å². The molecule has 28 heavy (non-hydrogen) atoms. The summed E-state index contributed by atoms with van der Waals surface area (Å²) >= 11 is 6.02. The van der Waals surface area contributed by atoms with Crippen molar-refractivity contribution in [3.8, 4) is 0 Å². The molecule has 6 nitrogen and oxygen atoms in total. The van der Waals surface area contributed by atoms with E-state index in [1.54, 1.807) is 48.8 Å². The molecule has 1 N–H and O–H groups in total. The molecule has 1 aromatic heterocycles. The minimum absolute atomic E-state index is 0.0984. The number of hydrogen-bond donors (Lipinski definition) is 1. The lowest BCUT2D eigenvalue weighted by molar-refractivity contribution is -0.180. The maximum Gasteiger partial charge on any atom is 0.338 e. The van der Waals surface area contributed by atoms with Gasteiger partial charge < -0.3 is 19.2 Å². The third kappa shape index (κ3) is 4.09. The highest BCUT2D eigenvalue weighted by molar-refractivity contribution is 6.30. The third-order valence-corrected chi connectivity index (χ3v) is 4.76. The minimum Gasteiger partial charge on any atom is -0.459 e. The number of aromatic amines is 1. The zero-order chi connectivity index (χ0) is 19.4. The van der Waals surface area contributed by atoms with Crippen molar-refractivity contribution < 1.29 is 19.0 Å². The third-order valence-electron chi connectivity index (χ3n) is 4.51. The molecule has 3 aromatic rings. The Morgan fingerprint density at radius 2 is 2.00 bits per heavy atom. The number of esters is 1. The van der Waals surface area contributed by atoms with Crippen molar-refractivity contribution in [2.45, 2.75) is 18.3 Å². The zero-order valence-electron chi connectivity index (χ0n) is 15.0. The summed E-state index contributed by atoms with van der Waals surface area (Å²) in [5, 5.41) is 0.628. The van der Waals surface area contributed by atoms with Crippen molar-refractivity contribution in [1.29, 1.82) is 0 Å². The number of aromatic nitrogens is 2. The van der Waals surface area contributed by atoms with Crippen LogP contribution in [-0.2, 0) is 26.4 Å². The largest absolute Gasteiger partial charge is 0.459 e. The lowest BCUT2D eigenvalue weighted by Gasteiger charge is -2.28. The molecule has 7 heteroatoms. The predicted octanol–water partition coefficient (Wildman–Crippen LogP) is 3.73. The van der Waals surface area contributed by atoms with Crippen LogP contribution in [0, 0.1) is 0 Å². The van der Waals surface area contributed by atoms with E-state index >= 15 is 0 Å². The van der Waals surface area contributed by atoms with E-state index in [0.29, 0.717) is 23.6 Å². The molecule has 1 saturated heterocycles. The molecule has 2 unspecified atom stereocenters. The van der Waals surface area contributed by atoms with Gasteiger partial charge in [-0.15, -0.1) is 0 Å². The first kappa shape index (κ1) is 18.7. The molecule has 0 saturated carbocycles. The Bertz CT molecular complexity index is 915. The van der Waals surface area contributed by atoms with Gasteiger partial charge >= 0.3 is 5.97 Å². The molecule has 2 atom stereocenters. The molecule has 1 fully saturated rings. The second-order valence-corrected chi connectivity index (χ2v) is 6.92. The van der Waals surface area contributed by atoms with Crippen LogP contribution >= 0.6 is 11.6 Å². The molecule has 0 bridgehead atoms. The fourth-order valence-corrected chi connectivity index (χ4v) is 3.26. The van der Waals surface area contributed by atoms with Crippen LogP contribution in [-0.4, -0.2) is 35.3 Å². The van der Waals surface area contributed by atoms with Gasteiger partial charge in [0.1, 0.15) is 18.5 Å². The first-order valence-corrected chi connectivity index (χ1v) is 9.31. The molecule has 1 aliphatic rings. The topological polar surface area (TPSA) is 73.4 Å². The Morgan fingerprint density at radius 3 is 2.71 bits per heavy atom. The summed E-state index contributed by atoms with van der Waals surface area (Å²) in [6, 6.07) is 16.2. The van der Waals surface area contributed by atoms with Crippen LogP contribution in [0.5, 0.6) is 0 Å². The van der Waals surface area contributed by atoms with Gasteiger partial charge in [-0.05, 0) is 24.3 Å². The lowest BCUT2D eigenvalue weighted by atomic mass is 10.0. The number of imidazole rings is 1. The number of ether oxygens (including phenoxy) is 3. The van der Waals surface area contributed by atoms with E-state index in [9.17, 15) is 4.79 Å². The number of nitrogens with zero attached hydrogens (tertiary/aromatic N) is 1. The fourth-order valence-electron chi connectivity index (χ4n) is 3.14. The Hall–Kier alpha value is -2.67. The predicted molar refractivity (Wildman–Crippen MR) is 103 cm³/mol. The van der Waals surface area contributed by atoms with E-state index in [0.717, 1.165) is 11.4 Å². The van der Waals surface area contributed by atoms with Gasteiger partial charge in [0.05, 0.1) is 18.6 Å². The summed E-state index contributed by atoms with van der Waals surface area (Å²) in [5.41, 5.74) is 1.33. The van der Waals surface area contributed by atoms with Gasteiger partial charge in [0.2, 0.25) is 5.79 Å². The lowest BCUT2D eigenvalue weighted by Crippen LogP contribution is -2.32. The molecular weight excluding hydrogens is 380 g/mol. The van der Waals surface area contributed by atoms with Gasteiger partial charge in [0.15, 0.2) is 0 Å². The highest BCUT2D eigenvalue weighted by Crippen LogP contribution is 2.37. The first-order valence-electron chi connectivity index (χ1n) is 8.93. The number of rotatable bonds is 6. The van der Waals surface area contributed by atoms with Crippen molar-refractivity contribution in [3.05, 3.63) is 89.0 Å². The maximum atomic E-state index is 12.2. The number of nitrogens with one attached hydrogen (secondary N) is 1. The van der Waals surface area contributed by atoms with Gasteiger partial charge in [-0.25, -0.2) is 9.78 Å². The molecular formula is C21H19ClN2O4. The van der Waals surface area contributed by atoms with Crippen LogP contribution in [0.1, 0.15) is 21.7 Å². The highest BCUT2D eigenvalue weighted by atomic mass is 35.5. The SMILES string of the molecule is O=C(OCC1COC(Cc2ncc[nH]2)(c2ccc(Cl)cc2)O1)c1ccccc1. The van der Waals surface area contributed by atoms with Gasteiger partial charge in [0.25, 0.3) is 0 Å². The molecule has 2 aromatic carbocycles. The first-order chi connectivity index (χ1) is 13.6. The smallest absolute Gasteiger partial charge is 0.338 e. The minimum atomic E-state index is -1.02. The Balaban J connectivity index is 1.47. The normalized spacial score (nSPS) is 21.5.